The third kappa shape index (κ3) is 4.27. The first-order chi connectivity index (χ1) is 7.76. The van der Waals surface area contributed by atoms with Crippen molar-refractivity contribution in [3.05, 3.63) is 0 Å². The van der Waals surface area contributed by atoms with Gasteiger partial charge in [0.1, 0.15) is 0 Å². The highest BCUT2D eigenvalue weighted by Crippen LogP contribution is 2.29. The number of nitrogens with one attached hydrogen (secondary N) is 1. The van der Waals surface area contributed by atoms with E-state index < -0.39 is 0 Å². The van der Waals surface area contributed by atoms with E-state index in [4.69, 9.17) is 4.74 Å². The molecule has 1 N–H and O–H groups in total. The highest BCUT2D eigenvalue weighted by Gasteiger charge is 2.25. The van der Waals surface area contributed by atoms with E-state index in [2.05, 4.69) is 25.4 Å². The molecule has 0 aromatic rings. The fourth-order valence-electron chi connectivity index (χ4n) is 2.30. The van der Waals surface area contributed by atoms with Crippen molar-refractivity contribution in [1.82, 2.24) is 5.32 Å². The van der Waals surface area contributed by atoms with Gasteiger partial charge in [-0.1, -0.05) is 13.8 Å². The van der Waals surface area contributed by atoms with Crippen LogP contribution in [0.1, 0.15) is 46.0 Å². The summed E-state index contributed by atoms with van der Waals surface area (Å²) >= 11 is 2.02. The Morgan fingerprint density at radius 2 is 2.00 bits per heavy atom. The second kappa shape index (κ2) is 7.57. The number of thioether (sulfide) groups is 1. The van der Waals surface area contributed by atoms with Gasteiger partial charge in [-0.3, -0.25) is 0 Å². The molecule has 1 fully saturated rings. The maximum atomic E-state index is 5.49. The molecule has 1 unspecified atom stereocenters. The number of hydrogen-bond acceptors (Lipinski definition) is 3. The van der Waals surface area contributed by atoms with E-state index in [0.717, 1.165) is 19.8 Å². The molecule has 1 atom stereocenters. The molecule has 2 nitrogen and oxygen atoms in total. The highest BCUT2D eigenvalue weighted by atomic mass is 32.2. The minimum absolute atomic E-state index is 0.438. The van der Waals surface area contributed by atoms with Crippen molar-refractivity contribution in [3.63, 3.8) is 0 Å². The Labute approximate surface area is 105 Å². The summed E-state index contributed by atoms with van der Waals surface area (Å²) in [6.07, 6.45) is 8.41. The predicted molar refractivity (Wildman–Crippen MR) is 73.3 cm³/mol. The van der Waals surface area contributed by atoms with Gasteiger partial charge >= 0.3 is 0 Å². The molecule has 0 bridgehead atoms. The van der Waals surface area contributed by atoms with Crippen molar-refractivity contribution in [3.8, 4) is 0 Å². The van der Waals surface area contributed by atoms with Crippen molar-refractivity contribution in [2.75, 3.05) is 26.0 Å². The minimum atomic E-state index is 0.438. The maximum absolute atomic E-state index is 5.49. The summed E-state index contributed by atoms with van der Waals surface area (Å²) in [5.74, 6) is 0. The van der Waals surface area contributed by atoms with Crippen LogP contribution in [-0.2, 0) is 4.74 Å². The number of ether oxygens (including phenoxy) is 1. The topological polar surface area (TPSA) is 21.3 Å². The van der Waals surface area contributed by atoms with Crippen LogP contribution in [0.5, 0.6) is 0 Å². The first kappa shape index (κ1) is 14.3. The van der Waals surface area contributed by atoms with Gasteiger partial charge in [0.15, 0.2) is 0 Å². The van der Waals surface area contributed by atoms with Crippen LogP contribution in [0, 0.1) is 0 Å². The van der Waals surface area contributed by atoms with Gasteiger partial charge in [0.2, 0.25) is 0 Å². The lowest BCUT2D eigenvalue weighted by atomic mass is 10.0. The first-order valence-corrected chi connectivity index (χ1v) is 7.85. The summed E-state index contributed by atoms with van der Waals surface area (Å²) in [6.45, 7) is 7.64. The van der Waals surface area contributed by atoms with Gasteiger partial charge in [0, 0.05) is 30.5 Å². The molecular formula is C13H27NOS. The number of rotatable bonds is 6. The van der Waals surface area contributed by atoms with Crippen LogP contribution < -0.4 is 5.32 Å². The summed E-state index contributed by atoms with van der Waals surface area (Å²) in [7, 11) is 0. The Bertz CT molecular complexity index is 167. The second-order valence-electron chi connectivity index (χ2n) is 4.72. The van der Waals surface area contributed by atoms with E-state index in [1.807, 2.05) is 11.8 Å². The summed E-state index contributed by atoms with van der Waals surface area (Å²) < 4.78 is 5.93. The first-order valence-electron chi connectivity index (χ1n) is 6.62. The van der Waals surface area contributed by atoms with Gasteiger partial charge in [0.25, 0.3) is 0 Å². The van der Waals surface area contributed by atoms with E-state index in [0.29, 0.717) is 10.8 Å². The molecule has 0 radical (unpaired) electrons. The van der Waals surface area contributed by atoms with Crippen molar-refractivity contribution >= 4 is 11.8 Å². The molecule has 0 aromatic heterocycles. The van der Waals surface area contributed by atoms with Crippen LogP contribution in [0.3, 0.4) is 0 Å². The van der Waals surface area contributed by atoms with Gasteiger partial charge in [-0.2, -0.15) is 11.8 Å². The summed E-state index contributed by atoms with van der Waals surface area (Å²) in [5.41, 5.74) is 0. The third-order valence-corrected chi connectivity index (χ3v) is 5.47. The minimum Gasteiger partial charge on any atom is -0.381 e. The Morgan fingerprint density at radius 1 is 1.25 bits per heavy atom. The highest BCUT2D eigenvalue weighted by molar-refractivity contribution is 8.00. The molecule has 96 valence electrons. The lowest BCUT2D eigenvalue weighted by molar-refractivity contribution is 0.142. The van der Waals surface area contributed by atoms with Gasteiger partial charge in [-0.05, 0) is 38.4 Å². The lowest BCUT2D eigenvalue weighted by Crippen LogP contribution is -2.41. The van der Waals surface area contributed by atoms with Crippen LogP contribution >= 0.6 is 11.8 Å². The zero-order valence-corrected chi connectivity index (χ0v) is 11.9. The van der Waals surface area contributed by atoms with Gasteiger partial charge in [0.05, 0.1) is 0 Å². The van der Waals surface area contributed by atoms with Crippen LogP contribution in [0.2, 0.25) is 0 Å². The van der Waals surface area contributed by atoms with Crippen LogP contribution in [0.15, 0.2) is 0 Å². The molecule has 16 heavy (non-hydrogen) atoms. The molecule has 0 saturated carbocycles. The molecule has 0 amide bonds. The monoisotopic (exact) mass is 245 g/mol. The third-order valence-electron chi connectivity index (χ3n) is 3.89. The van der Waals surface area contributed by atoms with Crippen LogP contribution in [0.4, 0.5) is 0 Å². The molecule has 3 heteroatoms. The van der Waals surface area contributed by atoms with Gasteiger partial charge in [-0.25, -0.2) is 0 Å². The number of hydrogen-bond donors (Lipinski definition) is 1. The fraction of sp³-hybridized carbons (Fsp3) is 1.00. The van der Waals surface area contributed by atoms with Crippen LogP contribution in [0.25, 0.3) is 0 Å². The summed E-state index contributed by atoms with van der Waals surface area (Å²) in [6, 6.07) is 0.673. The summed E-state index contributed by atoms with van der Waals surface area (Å²) in [4.78, 5) is 0. The second-order valence-corrected chi connectivity index (χ2v) is 5.99. The Morgan fingerprint density at radius 3 is 2.62 bits per heavy atom. The Hall–Kier alpha value is 0.270. The molecule has 1 heterocycles. The van der Waals surface area contributed by atoms with E-state index >= 15 is 0 Å². The Balaban J connectivity index is 2.35. The summed E-state index contributed by atoms with van der Waals surface area (Å²) in [5, 5.41) is 3.75. The molecule has 0 aliphatic carbocycles. The van der Waals surface area contributed by atoms with E-state index in [1.54, 1.807) is 0 Å². The standard InChI is InChI=1S/C13H27NOS/c1-4-13(5-2,16-3)11-14-12-7-6-9-15-10-8-12/h12,14H,4-11H2,1-3H3. The van der Waals surface area contributed by atoms with E-state index in [9.17, 15) is 0 Å². The zero-order chi connectivity index (χ0) is 11.9. The fourth-order valence-corrected chi connectivity index (χ4v) is 3.10. The maximum Gasteiger partial charge on any atom is 0.0480 e. The van der Waals surface area contributed by atoms with E-state index in [1.165, 1.54) is 32.1 Å². The molecule has 1 saturated heterocycles. The van der Waals surface area contributed by atoms with E-state index in [-0.39, 0.29) is 0 Å². The smallest absolute Gasteiger partial charge is 0.0480 e. The van der Waals surface area contributed by atoms with Gasteiger partial charge < -0.3 is 10.1 Å². The van der Waals surface area contributed by atoms with Crippen molar-refractivity contribution < 1.29 is 4.74 Å². The molecule has 1 rings (SSSR count). The average molecular weight is 245 g/mol. The largest absolute Gasteiger partial charge is 0.381 e. The van der Waals surface area contributed by atoms with Crippen molar-refractivity contribution in [2.45, 2.75) is 56.7 Å². The van der Waals surface area contributed by atoms with Crippen molar-refractivity contribution in [2.24, 2.45) is 0 Å². The quantitative estimate of drug-likeness (QED) is 0.777. The predicted octanol–water partition coefficient (Wildman–Crippen LogP) is 3.07. The lowest BCUT2D eigenvalue weighted by Gasteiger charge is -2.32. The average Bonchev–Trinajstić information content (AvgIpc) is 2.60. The van der Waals surface area contributed by atoms with Crippen molar-refractivity contribution in [1.29, 1.82) is 0 Å². The van der Waals surface area contributed by atoms with Gasteiger partial charge in [-0.15, -0.1) is 0 Å². The SMILES string of the molecule is CCC(CC)(CNC1CCCOCC1)SC. The normalized spacial score (nSPS) is 23.1. The van der Waals surface area contributed by atoms with Crippen LogP contribution in [-0.4, -0.2) is 36.8 Å². The molecular weight excluding hydrogens is 218 g/mol. The molecule has 1 aliphatic heterocycles. The zero-order valence-electron chi connectivity index (χ0n) is 11.1. The molecule has 0 spiro atoms. The molecule has 1 aliphatic rings. The molecule has 0 aromatic carbocycles. The Kier molecular flexibility index (Phi) is 6.78.